The lowest BCUT2D eigenvalue weighted by Crippen LogP contribution is -2.15. The van der Waals surface area contributed by atoms with Crippen molar-refractivity contribution in [1.82, 2.24) is 14.8 Å². The minimum absolute atomic E-state index is 0.148. The Morgan fingerprint density at radius 3 is 2.30 bits per heavy atom. The van der Waals surface area contributed by atoms with Gasteiger partial charge in [0.15, 0.2) is 11.0 Å². The van der Waals surface area contributed by atoms with E-state index in [4.69, 9.17) is 0 Å². The van der Waals surface area contributed by atoms with E-state index in [9.17, 15) is 9.59 Å². The van der Waals surface area contributed by atoms with Crippen LogP contribution in [0.15, 0.2) is 88.5 Å². The summed E-state index contributed by atoms with van der Waals surface area (Å²) in [4.78, 5) is 23.9. The van der Waals surface area contributed by atoms with Crippen LogP contribution < -0.4 is 10.6 Å². The van der Waals surface area contributed by atoms with Gasteiger partial charge < -0.3 is 10.6 Å². The van der Waals surface area contributed by atoms with Gasteiger partial charge in [-0.1, -0.05) is 64.1 Å². The van der Waals surface area contributed by atoms with Crippen LogP contribution >= 0.6 is 27.7 Å². The van der Waals surface area contributed by atoms with Gasteiger partial charge in [-0.15, -0.1) is 10.2 Å². The molecule has 0 fully saturated rings. The van der Waals surface area contributed by atoms with E-state index in [2.05, 4.69) is 36.8 Å². The molecule has 2 N–H and O–H groups in total. The number of nitrogens with zero attached hydrogens (tertiary/aromatic N) is 3. The van der Waals surface area contributed by atoms with Crippen LogP contribution in [0.5, 0.6) is 0 Å². The first-order valence-corrected chi connectivity index (χ1v) is 11.8. The van der Waals surface area contributed by atoms with Crippen molar-refractivity contribution < 1.29 is 9.59 Å². The standard InChI is InChI=1S/C24H20BrN5O2S/c1-16(31)26-19-6-5-7-20(14-19)27-22(32)15-33-24-29-28-23(17-10-12-18(25)13-11-17)30(24)21-8-3-2-4-9-21/h2-14H,15H2,1H3,(H,26,31)(H,27,32). The Morgan fingerprint density at radius 2 is 1.61 bits per heavy atom. The second-order valence-corrected chi connectivity index (χ2v) is 8.94. The molecule has 166 valence electrons. The van der Waals surface area contributed by atoms with E-state index in [0.717, 1.165) is 15.7 Å². The second kappa shape index (κ2) is 10.5. The minimum Gasteiger partial charge on any atom is -0.326 e. The van der Waals surface area contributed by atoms with E-state index in [1.54, 1.807) is 24.3 Å². The molecular formula is C24H20BrN5O2S. The normalized spacial score (nSPS) is 10.6. The summed E-state index contributed by atoms with van der Waals surface area (Å²) in [6, 6.07) is 24.6. The van der Waals surface area contributed by atoms with Crippen LogP contribution in [-0.2, 0) is 9.59 Å². The van der Waals surface area contributed by atoms with E-state index >= 15 is 0 Å². The van der Waals surface area contributed by atoms with Crippen LogP contribution in [0.25, 0.3) is 17.1 Å². The van der Waals surface area contributed by atoms with Gasteiger partial charge in [-0.05, 0) is 42.5 Å². The lowest BCUT2D eigenvalue weighted by Gasteiger charge is -2.11. The Labute approximate surface area is 203 Å². The summed E-state index contributed by atoms with van der Waals surface area (Å²) >= 11 is 4.76. The third kappa shape index (κ3) is 5.88. The number of rotatable bonds is 7. The van der Waals surface area contributed by atoms with Crippen LogP contribution in [-0.4, -0.2) is 32.3 Å². The molecule has 1 heterocycles. The van der Waals surface area contributed by atoms with E-state index < -0.39 is 0 Å². The van der Waals surface area contributed by atoms with Crippen molar-refractivity contribution in [2.24, 2.45) is 0 Å². The molecule has 0 bridgehead atoms. The summed E-state index contributed by atoms with van der Waals surface area (Å²) in [6.07, 6.45) is 0. The van der Waals surface area contributed by atoms with Crippen LogP contribution in [0.1, 0.15) is 6.92 Å². The zero-order valence-corrected chi connectivity index (χ0v) is 20.1. The second-order valence-electron chi connectivity index (χ2n) is 7.08. The van der Waals surface area contributed by atoms with Crippen molar-refractivity contribution in [2.75, 3.05) is 16.4 Å². The number of hydrogen-bond donors (Lipinski definition) is 2. The zero-order valence-electron chi connectivity index (χ0n) is 17.7. The molecule has 9 heteroatoms. The van der Waals surface area contributed by atoms with E-state index in [1.165, 1.54) is 18.7 Å². The van der Waals surface area contributed by atoms with Gasteiger partial charge in [0.25, 0.3) is 0 Å². The molecule has 3 aromatic carbocycles. The summed E-state index contributed by atoms with van der Waals surface area (Å²) in [5.41, 5.74) is 3.05. The molecule has 2 amide bonds. The van der Waals surface area contributed by atoms with Crippen LogP contribution in [0.2, 0.25) is 0 Å². The van der Waals surface area contributed by atoms with Crippen molar-refractivity contribution in [2.45, 2.75) is 12.1 Å². The molecule has 0 atom stereocenters. The SMILES string of the molecule is CC(=O)Nc1cccc(NC(=O)CSc2nnc(-c3ccc(Br)cc3)n2-c2ccccc2)c1. The summed E-state index contributed by atoms with van der Waals surface area (Å²) < 4.78 is 2.92. The first-order chi connectivity index (χ1) is 16.0. The molecule has 1 aromatic heterocycles. The lowest BCUT2D eigenvalue weighted by molar-refractivity contribution is -0.114. The van der Waals surface area contributed by atoms with Crippen molar-refractivity contribution >= 4 is 50.9 Å². The predicted octanol–water partition coefficient (Wildman–Crippen LogP) is 5.39. The van der Waals surface area contributed by atoms with Crippen LogP contribution in [0.4, 0.5) is 11.4 Å². The first kappa shape index (κ1) is 22.8. The highest BCUT2D eigenvalue weighted by Gasteiger charge is 2.17. The molecule has 0 aliphatic carbocycles. The topological polar surface area (TPSA) is 88.9 Å². The van der Waals surface area contributed by atoms with Crippen LogP contribution in [0.3, 0.4) is 0 Å². The highest BCUT2D eigenvalue weighted by Crippen LogP contribution is 2.29. The van der Waals surface area contributed by atoms with Gasteiger partial charge >= 0.3 is 0 Å². The smallest absolute Gasteiger partial charge is 0.234 e. The third-order valence-corrected chi connectivity index (χ3v) is 6.01. The van der Waals surface area contributed by atoms with Crippen molar-refractivity contribution in [1.29, 1.82) is 0 Å². The fraction of sp³-hybridized carbons (Fsp3) is 0.0833. The summed E-state index contributed by atoms with van der Waals surface area (Å²) in [6.45, 7) is 1.44. The quantitative estimate of drug-likeness (QED) is 0.318. The van der Waals surface area contributed by atoms with Gasteiger partial charge in [-0.2, -0.15) is 0 Å². The molecule has 4 rings (SSSR count). The molecule has 33 heavy (non-hydrogen) atoms. The fourth-order valence-corrected chi connectivity index (χ4v) is 4.18. The monoisotopic (exact) mass is 521 g/mol. The number of carbonyl (C=O) groups excluding carboxylic acids is 2. The van der Waals surface area contributed by atoms with E-state index in [1.807, 2.05) is 59.2 Å². The zero-order chi connectivity index (χ0) is 23.2. The van der Waals surface area contributed by atoms with Gasteiger partial charge in [0.05, 0.1) is 5.75 Å². The van der Waals surface area contributed by atoms with Crippen molar-refractivity contribution in [3.63, 3.8) is 0 Å². The van der Waals surface area contributed by atoms with Gasteiger partial charge in [-0.25, -0.2) is 0 Å². The van der Waals surface area contributed by atoms with E-state index in [0.29, 0.717) is 22.4 Å². The number of carbonyl (C=O) groups is 2. The molecular weight excluding hydrogens is 502 g/mol. The average molecular weight is 522 g/mol. The lowest BCUT2D eigenvalue weighted by atomic mass is 10.2. The molecule has 0 spiro atoms. The number of aromatic nitrogens is 3. The summed E-state index contributed by atoms with van der Waals surface area (Å²) in [5.74, 6) is 0.485. The minimum atomic E-state index is -0.187. The van der Waals surface area contributed by atoms with E-state index in [-0.39, 0.29) is 17.6 Å². The fourth-order valence-electron chi connectivity index (χ4n) is 3.16. The first-order valence-electron chi connectivity index (χ1n) is 10.1. The van der Waals surface area contributed by atoms with Crippen LogP contribution in [0, 0.1) is 0 Å². The summed E-state index contributed by atoms with van der Waals surface area (Å²) in [5, 5.41) is 14.9. The molecule has 0 aliphatic rings. The summed E-state index contributed by atoms with van der Waals surface area (Å²) in [7, 11) is 0. The van der Waals surface area contributed by atoms with Crippen molar-refractivity contribution in [3.05, 3.63) is 83.3 Å². The van der Waals surface area contributed by atoms with Gasteiger partial charge in [-0.3, -0.25) is 14.2 Å². The van der Waals surface area contributed by atoms with Gasteiger partial charge in [0.1, 0.15) is 0 Å². The third-order valence-electron chi connectivity index (χ3n) is 4.55. The van der Waals surface area contributed by atoms with Gasteiger partial charge in [0, 0.05) is 34.0 Å². The molecule has 0 aliphatic heterocycles. The number of para-hydroxylation sites is 1. The Morgan fingerprint density at radius 1 is 0.909 bits per heavy atom. The Hall–Kier alpha value is -3.43. The maximum absolute atomic E-state index is 12.6. The van der Waals surface area contributed by atoms with Gasteiger partial charge in [0.2, 0.25) is 11.8 Å². The maximum atomic E-state index is 12.6. The average Bonchev–Trinajstić information content (AvgIpc) is 3.22. The Bertz CT molecular complexity index is 1280. The Kier molecular flexibility index (Phi) is 7.21. The number of thioether (sulfide) groups is 1. The molecule has 0 radical (unpaired) electrons. The largest absolute Gasteiger partial charge is 0.326 e. The number of halogens is 1. The number of amides is 2. The molecule has 0 saturated carbocycles. The Balaban J connectivity index is 1.53. The van der Waals surface area contributed by atoms with Crippen molar-refractivity contribution in [3.8, 4) is 17.1 Å². The number of benzene rings is 3. The molecule has 0 saturated heterocycles. The maximum Gasteiger partial charge on any atom is 0.234 e. The molecule has 4 aromatic rings. The molecule has 0 unspecified atom stereocenters. The predicted molar refractivity (Wildman–Crippen MR) is 135 cm³/mol. The highest BCUT2D eigenvalue weighted by atomic mass is 79.9. The highest BCUT2D eigenvalue weighted by molar-refractivity contribution is 9.10. The number of nitrogens with one attached hydrogen (secondary N) is 2. The molecule has 7 nitrogen and oxygen atoms in total. The number of hydrogen-bond acceptors (Lipinski definition) is 5. The number of anilines is 2.